The van der Waals surface area contributed by atoms with Gasteiger partial charge in [-0.1, -0.05) is 18.5 Å². The van der Waals surface area contributed by atoms with Crippen LogP contribution in [0.25, 0.3) is 0 Å². The van der Waals surface area contributed by atoms with Crippen molar-refractivity contribution in [2.75, 3.05) is 11.9 Å². The Kier molecular flexibility index (Phi) is 5.84. The largest absolute Gasteiger partial charge is 0.411 e. The van der Waals surface area contributed by atoms with Gasteiger partial charge in [0.1, 0.15) is 19.4 Å². The van der Waals surface area contributed by atoms with E-state index in [-0.39, 0.29) is 12.6 Å². The van der Waals surface area contributed by atoms with E-state index in [0.29, 0.717) is 17.1 Å². The molecule has 0 fully saturated rings. The van der Waals surface area contributed by atoms with E-state index in [1.165, 1.54) is 29.5 Å². The third-order valence-corrected chi connectivity index (χ3v) is 3.16. The molecule has 1 amide bonds. The molecule has 0 aromatic carbocycles. The van der Waals surface area contributed by atoms with Crippen LogP contribution in [0.5, 0.6) is 0 Å². The molecular formula is C13H15ClF3N5O2. The molecule has 0 spiro atoms. The average Bonchev–Trinajstić information content (AvgIpc) is 3.08. The summed E-state index contributed by atoms with van der Waals surface area (Å²) in [6.07, 6.45) is 1.72. The highest BCUT2D eigenvalue weighted by molar-refractivity contribution is 6.30. The number of halogens is 4. The molecule has 7 nitrogen and oxygen atoms in total. The highest BCUT2D eigenvalue weighted by atomic mass is 35.5. The Morgan fingerprint density at radius 1 is 1.38 bits per heavy atom. The third kappa shape index (κ3) is 5.24. The van der Waals surface area contributed by atoms with Gasteiger partial charge < -0.3 is 10.1 Å². The van der Waals surface area contributed by atoms with Crippen LogP contribution in [0.3, 0.4) is 0 Å². The number of amides is 1. The first-order chi connectivity index (χ1) is 11.3. The maximum Gasteiger partial charge on any atom is 0.411 e. The topological polar surface area (TPSA) is 74.0 Å². The van der Waals surface area contributed by atoms with Gasteiger partial charge in [0.25, 0.3) is 0 Å². The minimum atomic E-state index is -4.40. The van der Waals surface area contributed by atoms with Crippen LogP contribution in [0.4, 0.5) is 18.9 Å². The summed E-state index contributed by atoms with van der Waals surface area (Å²) < 4.78 is 43.1. The summed E-state index contributed by atoms with van der Waals surface area (Å²) in [7, 11) is 0. The van der Waals surface area contributed by atoms with Crippen LogP contribution in [0.1, 0.15) is 19.4 Å². The summed E-state index contributed by atoms with van der Waals surface area (Å²) in [5.74, 6) is -0.340. The average molecular weight is 366 g/mol. The van der Waals surface area contributed by atoms with Crippen LogP contribution < -0.4 is 5.32 Å². The second kappa shape index (κ2) is 7.67. The molecule has 0 saturated carbocycles. The number of hydrogen-bond donors (Lipinski definition) is 1. The van der Waals surface area contributed by atoms with Crippen LogP contribution in [0, 0.1) is 0 Å². The Balaban J connectivity index is 1.92. The van der Waals surface area contributed by atoms with E-state index in [4.69, 9.17) is 11.6 Å². The number of aromatic nitrogens is 4. The fraction of sp³-hybridized carbons (Fsp3) is 0.462. The lowest BCUT2D eigenvalue weighted by molar-refractivity contribution is -0.182. The maximum atomic E-state index is 12.3. The Morgan fingerprint density at radius 2 is 2.12 bits per heavy atom. The Hall–Kier alpha value is -2.07. The van der Waals surface area contributed by atoms with E-state index in [1.807, 2.05) is 6.92 Å². The zero-order valence-electron chi connectivity index (χ0n) is 12.6. The van der Waals surface area contributed by atoms with Crippen molar-refractivity contribution in [3.05, 3.63) is 29.8 Å². The molecule has 11 heteroatoms. The normalized spacial score (nSPS) is 13.0. The number of hydrogen-bond acceptors (Lipinski definition) is 4. The first-order valence-corrected chi connectivity index (χ1v) is 7.33. The fourth-order valence-corrected chi connectivity index (χ4v) is 2.10. The summed E-state index contributed by atoms with van der Waals surface area (Å²) in [5, 5.41) is 10.8. The summed E-state index contributed by atoms with van der Waals surface area (Å²) in [5.41, 5.74) is 0.340. The van der Waals surface area contributed by atoms with Gasteiger partial charge in [-0.15, -0.1) is 0 Å². The van der Waals surface area contributed by atoms with Gasteiger partial charge in [-0.3, -0.25) is 9.48 Å². The van der Waals surface area contributed by atoms with Crippen molar-refractivity contribution in [2.45, 2.75) is 32.3 Å². The van der Waals surface area contributed by atoms with Gasteiger partial charge in [0.2, 0.25) is 5.91 Å². The van der Waals surface area contributed by atoms with Crippen LogP contribution >= 0.6 is 11.6 Å². The number of carbonyl (C=O) groups excluding carboxylic acids is 1. The molecule has 2 heterocycles. The van der Waals surface area contributed by atoms with Gasteiger partial charge in [-0.2, -0.15) is 23.4 Å². The smallest absolute Gasteiger partial charge is 0.350 e. The highest BCUT2D eigenvalue weighted by Crippen LogP contribution is 2.17. The quantitative estimate of drug-likeness (QED) is 0.818. The zero-order chi connectivity index (χ0) is 17.7. The molecule has 1 N–H and O–H groups in total. The fourth-order valence-electron chi connectivity index (χ4n) is 1.96. The second-order valence-electron chi connectivity index (χ2n) is 4.91. The first-order valence-electron chi connectivity index (χ1n) is 6.96. The lowest BCUT2D eigenvalue weighted by Crippen LogP contribution is -2.25. The van der Waals surface area contributed by atoms with Crippen molar-refractivity contribution in [3.63, 3.8) is 0 Å². The number of nitrogens with one attached hydrogen (secondary N) is 1. The van der Waals surface area contributed by atoms with E-state index in [0.717, 1.165) is 4.68 Å². The lowest BCUT2D eigenvalue weighted by Gasteiger charge is -2.14. The van der Waals surface area contributed by atoms with Crippen molar-refractivity contribution < 1.29 is 22.7 Å². The molecule has 0 bridgehead atoms. The molecule has 1 unspecified atom stereocenters. The van der Waals surface area contributed by atoms with E-state index < -0.39 is 18.8 Å². The van der Waals surface area contributed by atoms with E-state index in [2.05, 4.69) is 20.3 Å². The zero-order valence-corrected chi connectivity index (χ0v) is 13.4. The van der Waals surface area contributed by atoms with Crippen LogP contribution in [0.15, 0.2) is 24.8 Å². The highest BCUT2D eigenvalue weighted by Gasteiger charge is 2.27. The summed E-state index contributed by atoms with van der Waals surface area (Å²) >= 11 is 5.79. The summed E-state index contributed by atoms with van der Waals surface area (Å²) in [4.78, 5) is 12.3. The van der Waals surface area contributed by atoms with Gasteiger partial charge in [-0.05, 0) is 6.42 Å². The van der Waals surface area contributed by atoms with E-state index >= 15 is 0 Å². The molecule has 0 aliphatic rings. The molecule has 0 saturated heterocycles. The molecule has 0 aliphatic carbocycles. The molecule has 132 valence electrons. The van der Waals surface area contributed by atoms with Crippen molar-refractivity contribution in [2.24, 2.45) is 0 Å². The van der Waals surface area contributed by atoms with Gasteiger partial charge >= 0.3 is 6.18 Å². The van der Waals surface area contributed by atoms with E-state index in [9.17, 15) is 18.0 Å². The number of alkyl halides is 3. The molecule has 2 aromatic rings. The number of rotatable bonds is 7. The first kappa shape index (κ1) is 18.3. The molecular weight excluding hydrogens is 351 g/mol. The molecule has 0 radical (unpaired) electrons. The van der Waals surface area contributed by atoms with Crippen LogP contribution in [0.2, 0.25) is 5.02 Å². The Labute approximate surface area is 140 Å². The summed E-state index contributed by atoms with van der Waals surface area (Å²) in [6.45, 7) is 0.0715. The lowest BCUT2D eigenvalue weighted by atomic mass is 10.2. The van der Waals surface area contributed by atoms with Gasteiger partial charge in [0.15, 0.2) is 0 Å². The Morgan fingerprint density at radius 3 is 2.71 bits per heavy atom. The molecule has 1 atom stereocenters. The summed E-state index contributed by atoms with van der Waals surface area (Å²) in [6, 6.07) is -0.567. The van der Waals surface area contributed by atoms with Crippen LogP contribution in [-0.4, -0.2) is 38.3 Å². The molecule has 2 rings (SSSR count). The number of carbonyl (C=O) groups is 1. The second-order valence-corrected chi connectivity index (χ2v) is 5.35. The number of nitrogens with zero attached hydrogens (tertiary/aromatic N) is 4. The predicted molar refractivity (Wildman–Crippen MR) is 79.4 cm³/mol. The van der Waals surface area contributed by atoms with Gasteiger partial charge in [0, 0.05) is 6.20 Å². The standard InChI is InChI=1S/C13H15ClF3N5O2/c1-2-11(22-5-9(14)3-19-22)12(23)20-10-4-18-21(6-10)8-24-7-13(15,16)17/h3-6,11H,2,7-8H2,1H3,(H,20,23). The third-order valence-electron chi connectivity index (χ3n) is 2.97. The minimum absolute atomic E-state index is 0.340. The van der Waals surface area contributed by atoms with E-state index in [1.54, 1.807) is 0 Å². The Bertz CT molecular complexity index is 685. The van der Waals surface area contributed by atoms with Gasteiger partial charge in [-0.25, -0.2) is 4.68 Å². The molecule has 0 aliphatic heterocycles. The van der Waals surface area contributed by atoms with Crippen LogP contribution in [-0.2, 0) is 16.3 Å². The van der Waals surface area contributed by atoms with Gasteiger partial charge in [0.05, 0.1) is 29.3 Å². The number of ether oxygens (including phenoxy) is 1. The van der Waals surface area contributed by atoms with Crippen molar-refractivity contribution >= 4 is 23.2 Å². The van der Waals surface area contributed by atoms with Crippen molar-refractivity contribution in [1.29, 1.82) is 0 Å². The molecule has 2 aromatic heterocycles. The SMILES string of the molecule is CCC(C(=O)Nc1cnn(COCC(F)(F)F)c1)n1cc(Cl)cn1. The van der Waals surface area contributed by atoms with Crippen molar-refractivity contribution in [1.82, 2.24) is 19.6 Å². The molecule has 24 heavy (non-hydrogen) atoms. The minimum Gasteiger partial charge on any atom is -0.350 e. The predicted octanol–water partition coefficient (Wildman–Crippen LogP) is 2.86. The monoisotopic (exact) mass is 365 g/mol. The van der Waals surface area contributed by atoms with Crippen molar-refractivity contribution in [3.8, 4) is 0 Å². The maximum absolute atomic E-state index is 12.3. The number of anilines is 1.